The summed E-state index contributed by atoms with van der Waals surface area (Å²) in [5.74, 6) is 0.636. The van der Waals surface area contributed by atoms with Gasteiger partial charge in [0.2, 0.25) is 11.8 Å². The van der Waals surface area contributed by atoms with Crippen LogP contribution in [0, 0.1) is 6.92 Å². The smallest absolute Gasteiger partial charge is 0.277 e. The Labute approximate surface area is 171 Å². The molecule has 29 heavy (non-hydrogen) atoms. The molecule has 2 heterocycles. The van der Waals surface area contributed by atoms with Gasteiger partial charge in [-0.25, -0.2) is 0 Å². The number of carbonyl (C=O) groups excluding carboxylic acids is 1. The maximum atomic E-state index is 13.1. The van der Waals surface area contributed by atoms with Crippen LogP contribution in [0.25, 0.3) is 33.3 Å². The van der Waals surface area contributed by atoms with Crippen molar-refractivity contribution in [1.29, 1.82) is 0 Å². The van der Waals surface area contributed by atoms with Crippen molar-refractivity contribution < 1.29 is 9.21 Å². The van der Waals surface area contributed by atoms with E-state index in [1.807, 2.05) is 79.7 Å². The lowest BCUT2D eigenvalue weighted by molar-refractivity contribution is 0.0951. The van der Waals surface area contributed by atoms with E-state index in [1.165, 1.54) is 17.3 Å². The highest BCUT2D eigenvalue weighted by Crippen LogP contribution is 2.30. The molecule has 0 unspecified atom stereocenters. The molecule has 0 aliphatic rings. The molecule has 0 amide bonds. The van der Waals surface area contributed by atoms with Crippen LogP contribution in [0.3, 0.4) is 0 Å². The third kappa shape index (κ3) is 3.21. The van der Waals surface area contributed by atoms with Crippen LogP contribution in [0.4, 0.5) is 0 Å². The molecular formula is C23H17N3O2S. The number of benzene rings is 3. The molecule has 0 aliphatic heterocycles. The maximum Gasteiger partial charge on any atom is 0.277 e. The highest BCUT2D eigenvalue weighted by molar-refractivity contribution is 7.99. The van der Waals surface area contributed by atoms with E-state index in [9.17, 15) is 4.79 Å². The summed E-state index contributed by atoms with van der Waals surface area (Å²) in [7, 11) is 0. The first-order chi connectivity index (χ1) is 14.2. The number of para-hydroxylation sites is 2. The molecule has 0 saturated heterocycles. The Balaban J connectivity index is 1.41. The number of rotatable bonds is 4. The number of nitrogens with zero attached hydrogens (tertiary/aromatic N) is 3. The van der Waals surface area contributed by atoms with E-state index in [2.05, 4.69) is 10.2 Å². The predicted octanol–water partition coefficient (Wildman–Crippen LogP) is 5.59. The van der Waals surface area contributed by atoms with Crippen LogP contribution in [0.15, 0.2) is 82.4 Å². The van der Waals surface area contributed by atoms with Crippen molar-refractivity contribution in [2.75, 3.05) is 5.75 Å². The topological polar surface area (TPSA) is 60.9 Å². The van der Waals surface area contributed by atoms with E-state index in [1.54, 1.807) is 4.57 Å². The van der Waals surface area contributed by atoms with Crippen LogP contribution >= 0.6 is 11.8 Å². The van der Waals surface area contributed by atoms with Gasteiger partial charge < -0.3 is 4.42 Å². The number of fused-ring (bicyclic) bond motifs is 3. The number of carbonyl (C=O) groups is 1. The average Bonchev–Trinajstić information content (AvgIpc) is 3.35. The van der Waals surface area contributed by atoms with Gasteiger partial charge in [-0.1, -0.05) is 65.9 Å². The van der Waals surface area contributed by atoms with Crippen molar-refractivity contribution in [3.05, 3.63) is 78.4 Å². The van der Waals surface area contributed by atoms with Gasteiger partial charge in [-0.15, -0.1) is 10.2 Å². The van der Waals surface area contributed by atoms with E-state index in [0.29, 0.717) is 11.1 Å². The van der Waals surface area contributed by atoms with Gasteiger partial charge in [0, 0.05) is 16.3 Å². The monoisotopic (exact) mass is 399 g/mol. The molecule has 0 atom stereocenters. The third-order valence-corrected chi connectivity index (χ3v) is 5.66. The maximum absolute atomic E-state index is 13.1. The Morgan fingerprint density at radius 1 is 0.897 bits per heavy atom. The summed E-state index contributed by atoms with van der Waals surface area (Å²) in [6, 6.07) is 23.8. The van der Waals surface area contributed by atoms with Gasteiger partial charge in [-0.2, -0.15) is 0 Å². The third-order valence-electron chi connectivity index (χ3n) is 4.85. The van der Waals surface area contributed by atoms with Gasteiger partial charge in [0.15, 0.2) is 0 Å². The van der Waals surface area contributed by atoms with Gasteiger partial charge in [0.1, 0.15) is 0 Å². The summed E-state index contributed by atoms with van der Waals surface area (Å²) in [4.78, 5) is 13.1. The standard InChI is InChI=1S/C23H17N3O2S/c1-15-10-12-16(13-11-15)22-24-25-23(28-22)29-14-21(27)26-19-8-4-2-6-17(19)18-7-3-5-9-20(18)26/h2-13H,14H2,1H3. The van der Waals surface area contributed by atoms with E-state index in [-0.39, 0.29) is 11.7 Å². The summed E-state index contributed by atoms with van der Waals surface area (Å²) in [6.07, 6.45) is 0. The van der Waals surface area contributed by atoms with E-state index in [4.69, 9.17) is 4.42 Å². The fraction of sp³-hybridized carbons (Fsp3) is 0.0870. The van der Waals surface area contributed by atoms with E-state index >= 15 is 0 Å². The Morgan fingerprint density at radius 3 is 2.17 bits per heavy atom. The Morgan fingerprint density at radius 2 is 1.52 bits per heavy atom. The molecule has 5 nitrogen and oxygen atoms in total. The summed E-state index contributed by atoms with van der Waals surface area (Å²) < 4.78 is 7.50. The zero-order valence-electron chi connectivity index (χ0n) is 15.7. The van der Waals surface area contributed by atoms with Crippen molar-refractivity contribution in [2.24, 2.45) is 0 Å². The lowest BCUT2D eigenvalue weighted by atomic mass is 10.1. The second kappa shape index (κ2) is 7.22. The molecule has 0 fully saturated rings. The minimum Gasteiger partial charge on any atom is -0.411 e. The molecule has 0 bridgehead atoms. The molecule has 0 N–H and O–H groups in total. The lowest BCUT2D eigenvalue weighted by Gasteiger charge is -2.04. The fourth-order valence-corrected chi connectivity index (χ4v) is 4.07. The summed E-state index contributed by atoms with van der Waals surface area (Å²) in [6.45, 7) is 2.03. The summed E-state index contributed by atoms with van der Waals surface area (Å²) >= 11 is 1.25. The largest absolute Gasteiger partial charge is 0.411 e. The van der Waals surface area contributed by atoms with Crippen LogP contribution in [-0.4, -0.2) is 26.4 Å². The van der Waals surface area contributed by atoms with E-state index < -0.39 is 0 Å². The Bertz CT molecular complexity index is 1280. The first kappa shape index (κ1) is 17.7. The van der Waals surface area contributed by atoms with Gasteiger partial charge in [0.25, 0.3) is 5.22 Å². The first-order valence-electron chi connectivity index (χ1n) is 9.25. The Kier molecular flexibility index (Phi) is 4.41. The normalized spacial score (nSPS) is 11.3. The van der Waals surface area contributed by atoms with Crippen molar-refractivity contribution >= 4 is 39.5 Å². The lowest BCUT2D eigenvalue weighted by Crippen LogP contribution is -2.12. The second-order valence-electron chi connectivity index (χ2n) is 6.79. The highest BCUT2D eigenvalue weighted by Gasteiger charge is 2.17. The minimum atomic E-state index is -0.0255. The number of hydrogen-bond acceptors (Lipinski definition) is 5. The number of hydrogen-bond donors (Lipinski definition) is 0. The number of aryl methyl sites for hydroxylation is 1. The van der Waals surface area contributed by atoms with Crippen LogP contribution in [0.1, 0.15) is 10.4 Å². The molecule has 0 aliphatic carbocycles. The molecule has 0 spiro atoms. The minimum absolute atomic E-state index is 0.0255. The van der Waals surface area contributed by atoms with Gasteiger partial charge >= 0.3 is 0 Å². The second-order valence-corrected chi connectivity index (χ2v) is 7.72. The molecule has 5 rings (SSSR count). The van der Waals surface area contributed by atoms with Crippen LogP contribution in [0.5, 0.6) is 0 Å². The SMILES string of the molecule is Cc1ccc(-c2nnc(SCC(=O)n3c4ccccc4c4ccccc43)o2)cc1. The quantitative estimate of drug-likeness (QED) is 0.369. The average molecular weight is 399 g/mol. The summed E-state index contributed by atoms with van der Waals surface area (Å²) in [5.41, 5.74) is 3.85. The highest BCUT2D eigenvalue weighted by atomic mass is 32.2. The number of thioether (sulfide) groups is 1. The van der Waals surface area contributed by atoms with Gasteiger partial charge in [-0.05, 0) is 31.2 Å². The Hall–Kier alpha value is -3.38. The predicted molar refractivity (Wildman–Crippen MR) is 115 cm³/mol. The molecule has 5 aromatic rings. The van der Waals surface area contributed by atoms with Crippen LogP contribution in [0.2, 0.25) is 0 Å². The zero-order valence-corrected chi connectivity index (χ0v) is 16.5. The van der Waals surface area contributed by atoms with E-state index in [0.717, 1.165) is 27.4 Å². The zero-order chi connectivity index (χ0) is 19.8. The van der Waals surface area contributed by atoms with Crippen molar-refractivity contribution in [2.45, 2.75) is 12.1 Å². The molecule has 0 radical (unpaired) electrons. The molecular weight excluding hydrogens is 382 g/mol. The molecule has 0 saturated carbocycles. The molecule has 3 aromatic carbocycles. The van der Waals surface area contributed by atoms with Gasteiger partial charge in [-0.3, -0.25) is 9.36 Å². The summed E-state index contributed by atoms with van der Waals surface area (Å²) in [5, 5.41) is 10.7. The fourth-order valence-electron chi connectivity index (χ4n) is 3.46. The molecule has 2 aromatic heterocycles. The number of aromatic nitrogens is 3. The first-order valence-corrected chi connectivity index (χ1v) is 10.2. The van der Waals surface area contributed by atoms with Crippen molar-refractivity contribution in [1.82, 2.24) is 14.8 Å². The van der Waals surface area contributed by atoms with Crippen LogP contribution in [-0.2, 0) is 0 Å². The molecule has 142 valence electrons. The van der Waals surface area contributed by atoms with Gasteiger partial charge in [0.05, 0.1) is 16.8 Å². The van der Waals surface area contributed by atoms with Crippen LogP contribution < -0.4 is 0 Å². The van der Waals surface area contributed by atoms with Crippen molar-refractivity contribution in [3.8, 4) is 11.5 Å². The van der Waals surface area contributed by atoms with Crippen molar-refractivity contribution in [3.63, 3.8) is 0 Å². The molecule has 6 heteroatoms.